The Labute approximate surface area is 184 Å². The van der Waals surface area contributed by atoms with Crippen LogP contribution in [0.4, 0.5) is 17.5 Å². The Bertz CT molecular complexity index is 1380. The summed E-state index contributed by atoms with van der Waals surface area (Å²) in [6.07, 6.45) is 9.41. The van der Waals surface area contributed by atoms with Gasteiger partial charge < -0.3 is 20.1 Å². The van der Waals surface area contributed by atoms with Crippen molar-refractivity contribution < 1.29 is 0 Å². The first-order valence-electron chi connectivity index (χ1n) is 10.7. The molecule has 0 saturated carbocycles. The lowest BCUT2D eigenvalue weighted by atomic mass is 10.1. The van der Waals surface area contributed by atoms with E-state index in [1.807, 2.05) is 53.6 Å². The number of likely N-dealkylation sites (N-methyl/N-ethyl adjacent to an activating group) is 1. The van der Waals surface area contributed by atoms with Crippen LogP contribution in [-0.4, -0.2) is 67.7 Å². The number of fused-ring (bicyclic) bond motifs is 2. The molecule has 9 heteroatoms. The predicted octanol–water partition coefficient (Wildman–Crippen LogP) is 3.16. The normalized spacial score (nSPS) is 15.0. The fourth-order valence-corrected chi connectivity index (χ4v) is 4.11. The molecule has 0 bridgehead atoms. The Morgan fingerprint density at radius 2 is 1.91 bits per heavy atom. The third-order valence-electron chi connectivity index (χ3n) is 5.97. The molecule has 1 aliphatic heterocycles. The molecule has 160 valence electrons. The van der Waals surface area contributed by atoms with Crippen molar-refractivity contribution in [3.63, 3.8) is 0 Å². The maximum Gasteiger partial charge on any atom is 0.229 e. The minimum atomic E-state index is 0.534. The summed E-state index contributed by atoms with van der Waals surface area (Å²) in [5, 5.41) is 8.49. The Hall–Kier alpha value is -3.98. The van der Waals surface area contributed by atoms with Crippen LogP contribution in [0.1, 0.15) is 0 Å². The van der Waals surface area contributed by atoms with Crippen molar-refractivity contribution in [3.8, 4) is 11.1 Å². The fraction of sp³-hybridized carbons (Fsp3) is 0.217. The second-order valence-corrected chi connectivity index (χ2v) is 8.09. The monoisotopic (exact) mass is 425 g/mol. The molecular weight excluding hydrogens is 402 g/mol. The summed E-state index contributed by atoms with van der Waals surface area (Å²) in [6, 6.07) is 10.2. The van der Waals surface area contributed by atoms with Gasteiger partial charge in [0.15, 0.2) is 0 Å². The van der Waals surface area contributed by atoms with Crippen LogP contribution in [-0.2, 0) is 0 Å². The fourth-order valence-electron chi connectivity index (χ4n) is 4.11. The zero-order valence-corrected chi connectivity index (χ0v) is 17.7. The highest BCUT2D eigenvalue weighted by Crippen LogP contribution is 2.29. The maximum atomic E-state index is 4.65. The van der Waals surface area contributed by atoms with E-state index in [2.05, 4.69) is 53.3 Å². The zero-order valence-electron chi connectivity index (χ0n) is 17.7. The number of rotatable bonds is 4. The first-order valence-corrected chi connectivity index (χ1v) is 10.7. The number of aromatic nitrogens is 6. The van der Waals surface area contributed by atoms with Crippen LogP contribution in [0.3, 0.4) is 0 Å². The van der Waals surface area contributed by atoms with Crippen molar-refractivity contribution in [2.75, 3.05) is 43.4 Å². The number of aromatic amines is 1. The molecule has 0 spiro atoms. The average Bonchev–Trinajstić information content (AvgIpc) is 3.46. The molecule has 5 aromatic heterocycles. The Morgan fingerprint density at radius 1 is 1.00 bits per heavy atom. The molecule has 9 nitrogen and oxygen atoms in total. The summed E-state index contributed by atoms with van der Waals surface area (Å²) in [6.45, 7) is 4.12. The van der Waals surface area contributed by atoms with Crippen LogP contribution in [0.25, 0.3) is 27.7 Å². The quantitative estimate of drug-likeness (QED) is 0.457. The predicted molar refractivity (Wildman–Crippen MR) is 125 cm³/mol. The highest BCUT2D eigenvalue weighted by molar-refractivity contribution is 5.94. The average molecular weight is 426 g/mol. The molecule has 1 saturated heterocycles. The van der Waals surface area contributed by atoms with Gasteiger partial charge >= 0.3 is 0 Å². The van der Waals surface area contributed by atoms with E-state index in [9.17, 15) is 0 Å². The van der Waals surface area contributed by atoms with Gasteiger partial charge in [0.05, 0.1) is 17.4 Å². The number of nitrogens with zero attached hydrogens (tertiary/aromatic N) is 7. The molecule has 6 rings (SSSR count). The van der Waals surface area contributed by atoms with Crippen LogP contribution < -0.4 is 10.2 Å². The largest absolute Gasteiger partial charge is 0.354 e. The Morgan fingerprint density at radius 3 is 2.75 bits per heavy atom. The molecule has 0 unspecified atom stereocenters. The lowest BCUT2D eigenvalue weighted by molar-refractivity contribution is 0.312. The number of anilines is 3. The first-order chi connectivity index (χ1) is 15.7. The lowest BCUT2D eigenvalue weighted by Gasteiger charge is -2.33. The Balaban J connectivity index is 1.22. The van der Waals surface area contributed by atoms with Gasteiger partial charge in [-0.25, -0.2) is 14.5 Å². The van der Waals surface area contributed by atoms with Crippen molar-refractivity contribution >= 4 is 34.0 Å². The van der Waals surface area contributed by atoms with Crippen molar-refractivity contribution in [2.45, 2.75) is 0 Å². The molecule has 2 N–H and O–H groups in total. The van der Waals surface area contributed by atoms with Crippen molar-refractivity contribution in [1.29, 1.82) is 0 Å². The summed E-state index contributed by atoms with van der Waals surface area (Å²) in [4.78, 5) is 21.7. The molecule has 5 aromatic rings. The van der Waals surface area contributed by atoms with Gasteiger partial charge in [0.2, 0.25) is 5.95 Å². The number of hydrogen-bond acceptors (Lipinski definition) is 7. The van der Waals surface area contributed by atoms with E-state index in [0.717, 1.165) is 65.4 Å². The molecule has 32 heavy (non-hydrogen) atoms. The van der Waals surface area contributed by atoms with Gasteiger partial charge in [-0.05, 0) is 42.9 Å². The molecular formula is C23H23N9. The van der Waals surface area contributed by atoms with Crippen LogP contribution in [0.2, 0.25) is 0 Å². The number of nitrogens with one attached hydrogen (secondary N) is 2. The second-order valence-electron chi connectivity index (χ2n) is 8.09. The maximum absolute atomic E-state index is 4.65. The van der Waals surface area contributed by atoms with Crippen LogP contribution in [0.5, 0.6) is 0 Å². The van der Waals surface area contributed by atoms with E-state index in [1.54, 1.807) is 6.20 Å². The topological polar surface area (TPSA) is 90.3 Å². The summed E-state index contributed by atoms with van der Waals surface area (Å²) < 4.78 is 1.85. The summed E-state index contributed by atoms with van der Waals surface area (Å²) >= 11 is 0. The molecule has 1 fully saturated rings. The SMILES string of the molecule is CN1CCN(c2ccc(Nc3ncc4c(-c5ccn6nccc6c5)c[nH]c4n3)cn2)CC1. The minimum absolute atomic E-state index is 0.534. The van der Waals surface area contributed by atoms with Crippen LogP contribution >= 0.6 is 0 Å². The molecule has 0 aliphatic carbocycles. The van der Waals surface area contributed by atoms with E-state index < -0.39 is 0 Å². The number of piperazine rings is 1. The standard InChI is InChI=1S/C23H23N9/c1-30-8-10-31(11-9-30)21-3-2-17(13-24-21)28-23-26-15-20-19(14-25-22(20)29-23)16-5-7-32-18(12-16)4-6-27-32/h2-7,12-15H,8-11H2,1H3,(H2,25,26,28,29). The van der Waals surface area contributed by atoms with Crippen molar-refractivity contribution in [2.24, 2.45) is 0 Å². The van der Waals surface area contributed by atoms with Gasteiger partial charge in [-0.2, -0.15) is 10.1 Å². The summed E-state index contributed by atoms with van der Waals surface area (Å²) in [5.74, 6) is 1.54. The number of hydrogen-bond donors (Lipinski definition) is 2. The summed E-state index contributed by atoms with van der Waals surface area (Å²) in [5.41, 5.74) is 4.85. The highest BCUT2D eigenvalue weighted by atomic mass is 15.3. The van der Waals surface area contributed by atoms with E-state index in [0.29, 0.717) is 5.95 Å². The van der Waals surface area contributed by atoms with Crippen LogP contribution in [0.15, 0.2) is 61.3 Å². The van der Waals surface area contributed by atoms with E-state index in [1.165, 1.54) is 0 Å². The van der Waals surface area contributed by atoms with Gasteiger partial charge in [-0.1, -0.05) is 0 Å². The van der Waals surface area contributed by atoms with E-state index >= 15 is 0 Å². The van der Waals surface area contributed by atoms with Gasteiger partial charge in [-0.15, -0.1) is 0 Å². The van der Waals surface area contributed by atoms with Gasteiger partial charge in [0, 0.05) is 61.9 Å². The number of pyridine rings is 2. The highest BCUT2D eigenvalue weighted by Gasteiger charge is 2.15. The minimum Gasteiger partial charge on any atom is -0.354 e. The molecule has 6 heterocycles. The third-order valence-corrected chi connectivity index (χ3v) is 5.97. The van der Waals surface area contributed by atoms with E-state index in [4.69, 9.17) is 0 Å². The Kier molecular flexibility index (Phi) is 4.46. The third kappa shape index (κ3) is 3.42. The molecule has 0 aromatic carbocycles. The van der Waals surface area contributed by atoms with Crippen molar-refractivity contribution in [3.05, 3.63) is 61.3 Å². The van der Waals surface area contributed by atoms with Gasteiger partial charge in [0.1, 0.15) is 11.5 Å². The van der Waals surface area contributed by atoms with Gasteiger partial charge in [-0.3, -0.25) is 0 Å². The summed E-state index contributed by atoms with van der Waals surface area (Å²) in [7, 11) is 2.15. The van der Waals surface area contributed by atoms with Crippen LogP contribution in [0, 0.1) is 0 Å². The zero-order chi connectivity index (χ0) is 21.5. The van der Waals surface area contributed by atoms with Crippen molar-refractivity contribution in [1.82, 2.24) is 34.4 Å². The molecule has 0 amide bonds. The molecule has 1 aliphatic rings. The molecule has 0 atom stereocenters. The smallest absolute Gasteiger partial charge is 0.229 e. The molecule has 0 radical (unpaired) electrons. The number of H-pyrrole nitrogens is 1. The second kappa shape index (κ2) is 7.61. The lowest BCUT2D eigenvalue weighted by Crippen LogP contribution is -2.44. The van der Waals surface area contributed by atoms with E-state index in [-0.39, 0.29) is 0 Å². The van der Waals surface area contributed by atoms with Gasteiger partial charge in [0.25, 0.3) is 0 Å². The first kappa shape index (κ1) is 18.8.